The van der Waals surface area contributed by atoms with Gasteiger partial charge in [0.1, 0.15) is 0 Å². The molecule has 0 fully saturated rings. The fourth-order valence-corrected chi connectivity index (χ4v) is 2.87. The third-order valence-corrected chi connectivity index (χ3v) is 4.21. The van der Waals surface area contributed by atoms with Crippen LogP contribution in [-0.4, -0.2) is 50.1 Å². The zero-order valence-electron chi connectivity index (χ0n) is 14.6. The molecule has 122 valence electrons. The van der Waals surface area contributed by atoms with Crippen LogP contribution in [0.2, 0.25) is 0 Å². The Morgan fingerprint density at radius 3 is 1.90 bits per heavy atom. The molecule has 0 spiro atoms. The highest BCUT2D eigenvalue weighted by Gasteiger charge is 2.36. The van der Waals surface area contributed by atoms with Crippen LogP contribution in [-0.2, 0) is 9.47 Å². The van der Waals surface area contributed by atoms with Crippen LogP contribution < -0.4 is 5.73 Å². The van der Waals surface area contributed by atoms with Gasteiger partial charge in [0.25, 0.3) is 0 Å². The van der Waals surface area contributed by atoms with Gasteiger partial charge in [-0.15, -0.1) is 0 Å². The predicted octanol–water partition coefficient (Wildman–Crippen LogP) is 2.86. The third kappa shape index (κ3) is 5.68. The zero-order valence-corrected chi connectivity index (χ0v) is 14.6. The van der Waals surface area contributed by atoms with Gasteiger partial charge in [-0.1, -0.05) is 27.7 Å². The predicted molar refractivity (Wildman–Crippen MR) is 85.8 cm³/mol. The molecule has 4 heteroatoms. The number of ether oxygens (including phenoxy) is 2. The number of hydrogen-bond donors (Lipinski definition) is 1. The molecule has 4 nitrogen and oxygen atoms in total. The van der Waals surface area contributed by atoms with Crippen molar-refractivity contribution in [1.29, 1.82) is 0 Å². The maximum absolute atomic E-state index is 6.14. The Kier molecular flexibility index (Phi) is 9.64. The van der Waals surface area contributed by atoms with E-state index in [1.807, 2.05) is 0 Å². The molecule has 0 bridgehead atoms. The van der Waals surface area contributed by atoms with E-state index in [9.17, 15) is 0 Å². The molecule has 0 aliphatic carbocycles. The lowest BCUT2D eigenvalue weighted by Gasteiger charge is -2.47. The van der Waals surface area contributed by atoms with Crippen molar-refractivity contribution < 1.29 is 9.47 Å². The van der Waals surface area contributed by atoms with Crippen molar-refractivity contribution in [2.45, 2.75) is 71.8 Å². The van der Waals surface area contributed by atoms with Crippen molar-refractivity contribution in [2.24, 2.45) is 11.7 Å². The third-order valence-electron chi connectivity index (χ3n) is 4.21. The van der Waals surface area contributed by atoms with Crippen molar-refractivity contribution in [3.05, 3.63) is 0 Å². The molecule has 0 rings (SSSR count). The van der Waals surface area contributed by atoms with Crippen molar-refractivity contribution in [1.82, 2.24) is 4.90 Å². The molecule has 0 aliphatic rings. The van der Waals surface area contributed by atoms with Crippen LogP contribution in [0.25, 0.3) is 0 Å². The minimum absolute atomic E-state index is 0.0996. The summed E-state index contributed by atoms with van der Waals surface area (Å²) in [6, 6.07) is 0.556. The second-order valence-electron chi connectivity index (χ2n) is 6.32. The van der Waals surface area contributed by atoms with Crippen molar-refractivity contribution in [3.63, 3.8) is 0 Å². The number of nitrogens with zero attached hydrogens (tertiary/aromatic N) is 1. The second-order valence-corrected chi connectivity index (χ2v) is 6.32. The molecule has 0 radical (unpaired) electrons. The first-order valence-corrected chi connectivity index (χ1v) is 7.90. The van der Waals surface area contributed by atoms with Crippen LogP contribution in [0.15, 0.2) is 0 Å². The van der Waals surface area contributed by atoms with Gasteiger partial charge in [0.2, 0.25) is 0 Å². The quantitative estimate of drug-likeness (QED) is 0.594. The van der Waals surface area contributed by atoms with Crippen LogP contribution >= 0.6 is 0 Å². The Bertz CT molecular complexity index is 241. The van der Waals surface area contributed by atoms with Gasteiger partial charge in [-0.2, -0.15) is 0 Å². The maximum atomic E-state index is 6.14. The van der Waals surface area contributed by atoms with E-state index in [-0.39, 0.29) is 11.8 Å². The molecule has 0 saturated heterocycles. The van der Waals surface area contributed by atoms with Crippen LogP contribution in [0.3, 0.4) is 0 Å². The largest absolute Gasteiger partial charge is 0.356 e. The van der Waals surface area contributed by atoms with Crippen molar-refractivity contribution >= 4 is 0 Å². The summed E-state index contributed by atoms with van der Waals surface area (Å²) in [4.78, 5) is 2.57. The number of methoxy groups -OCH3 is 2. The lowest BCUT2D eigenvalue weighted by Crippen LogP contribution is -2.58. The highest BCUT2D eigenvalue weighted by Crippen LogP contribution is 2.28. The molecule has 0 aromatic rings. The standard InChI is InChI=1S/C16H36N2O2/c1-8-14(9-2)18(11-13(3)4)16(5,12-17)10-15(19-6)20-7/h13-15H,8-12,17H2,1-7H3. The summed E-state index contributed by atoms with van der Waals surface area (Å²) in [7, 11) is 3.38. The first-order valence-electron chi connectivity index (χ1n) is 7.90. The van der Waals surface area contributed by atoms with Crippen LogP contribution in [0.4, 0.5) is 0 Å². The molecular weight excluding hydrogens is 252 g/mol. The van der Waals surface area contributed by atoms with Gasteiger partial charge in [-0.05, 0) is 25.7 Å². The van der Waals surface area contributed by atoms with Crippen LogP contribution in [0.5, 0.6) is 0 Å². The Hall–Kier alpha value is -0.160. The van der Waals surface area contributed by atoms with E-state index >= 15 is 0 Å². The maximum Gasteiger partial charge on any atom is 0.158 e. The lowest BCUT2D eigenvalue weighted by molar-refractivity contribution is -0.133. The molecule has 1 atom stereocenters. The van der Waals surface area contributed by atoms with Gasteiger partial charge in [-0.3, -0.25) is 4.90 Å². The van der Waals surface area contributed by atoms with Gasteiger partial charge >= 0.3 is 0 Å². The van der Waals surface area contributed by atoms with Gasteiger partial charge in [0.15, 0.2) is 6.29 Å². The summed E-state index contributed by atoms with van der Waals surface area (Å²) in [6.45, 7) is 12.9. The Labute approximate surface area is 126 Å². The van der Waals surface area contributed by atoms with E-state index in [2.05, 4.69) is 39.5 Å². The summed E-state index contributed by atoms with van der Waals surface area (Å²) >= 11 is 0. The molecule has 0 aromatic carbocycles. The highest BCUT2D eigenvalue weighted by atomic mass is 16.7. The first kappa shape index (κ1) is 19.8. The zero-order chi connectivity index (χ0) is 15.8. The second kappa shape index (κ2) is 9.72. The van der Waals surface area contributed by atoms with Gasteiger partial charge in [0, 0.05) is 45.3 Å². The lowest BCUT2D eigenvalue weighted by atomic mass is 9.90. The first-order chi connectivity index (χ1) is 9.38. The monoisotopic (exact) mass is 288 g/mol. The molecular formula is C16H36N2O2. The number of rotatable bonds is 11. The summed E-state index contributed by atoms with van der Waals surface area (Å²) in [5.74, 6) is 0.616. The van der Waals surface area contributed by atoms with Crippen LogP contribution in [0, 0.1) is 5.92 Å². The van der Waals surface area contributed by atoms with Gasteiger partial charge in [-0.25, -0.2) is 0 Å². The van der Waals surface area contributed by atoms with E-state index in [4.69, 9.17) is 15.2 Å². The van der Waals surface area contributed by atoms with Gasteiger partial charge < -0.3 is 15.2 Å². The summed E-state index contributed by atoms with van der Waals surface area (Å²) in [5.41, 5.74) is 6.04. The molecule has 0 aromatic heterocycles. The van der Waals surface area contributed by atoms with Crippen LogP contribution in [0.1, 0.15) is 53.9 Å². The van der Waals surface area contributed by atoms with E-state index in [1.165, 1.54) is 0 Å². The molecule has 2 N–H and O–H groups in total. The molecule has 0 amide bonds. The minimum atomic E-state index is -0.201. The molecule has 0 heterocycles. The van der Waals surface area contributed by atoms with E-state index in [0.717, 1.165) is 25.8 Å². The van der Waals surface area contributed by atoms with E-state index in [1.54, 1.807) is 14.2 Å². The van der Waals surface area contributed by atoms with Gasteiger partial charge in [0.05, 0.1) is 0 Å². The summed E-state index contributed by atoms with van der Waals surface area (Å²) < 4.78 is 10.8. The SMILES string of the molecule is CCC(CC)N(CC(C)C)C(C)(CN)CC(OC)OC. The van der Waals surface area contributed by atoms with Crippen molar-refractivity contribution in [2.75, 3.05) is 27.3 Å². The summed E-state index contributed by atoms with van der Waals surface area (Å²) in [5, 5.41) is 0. The Morgan fingerprint density at radius 2 is 1.60 bits per heavy atom. The van der Waals surface area contributed by atoms with E-state index in [0.29, 0.717) is 18.5 Å². The fourth-order valence-electron chi connectivity index (χ4n) is 2.87. The smallest absolute Gasteiger partial charge is 0.158 e. The number of hydrogen-bond acceptors (Lipinski definition) is 4. The van der Waals surface area contributed by atoms with E-state index < -0.39 is 0 Å². The average molecular weight is 288 g/mol. The Morgan fingerprint density at radius 1 is 1.10 bits per heavy atom. The molecule has 0 saturated carbocycles. The fraction of sp³-hybridized carbons (Fsp3) is 1.00. The molecule has 1 unspecified atom stereocenters. The Balaban J connectivity index is 5.21. The summed E-state index contributed by atoms with van der Waals surface area (Å²) in [6.07, 6.45) is 2.87. The molecule has 20 heavy (non-hydrogen) atoms. The highest BCUT2D eigenvalue weighted by molar-refractivity contribution is 4.92. The molecule has 0 aliphatic heterocycles. The van der Waals surface area contributed by atoms with Crippen molar-refractivity contribution in [3.8, 4) is 0 Å². The normalized spacial score (nSPS) is 15.6. The average Bonchev–Trinajstić information content (AvgIpc) is 2.44. The topological polar surface area (TPSA) is 47.7 Å². The number of nitrogens with two attached hydrogens (primary N) is 1. The minimum Gasteiger partial charge on any atom is -0.356 e.